The molecule has 2 aromatic rings. The number of benzene rings is 1. The molecule has 0 atom stereocenters. The van der Waals surface area contributed by atoms with Gasteiger partial charge in [0, 0.05) is 5.69 Å². The van der Waals surface area contributed by atoms with Crippen LogP contribution in [0.3, 0.4) is 0 Å². The van der Waals surface area contributed by atoms with Crippen LogP contribution >= 0.6 is 23.4 Å². The standard InChI is InChI=1S/C12H14ClN5O2S/c1-7-16-17-12(18(7)14)21-6-11(19)15-8-3-4-10(20-2)9(13)5-8/h3-5H,6,14H2,1-2H3,(H,15,19). The van der Waals surface area contributed by atoms with Crippen molar-refractivity contribution in [3.8, 4) is 5.75 Å². The Labute approximate surface area is 130 Å². The van der Waals surface area contributed by atoms with Crippen molar-refractivity contribution in [1.29, 1.82) is 0 Å². The molecule has 9 heteroatoms. The second kappa shape index (κ2) is 6.68. The Hall–Kier alpha value is -1.93. The van der Waals surface area contributed by atoms with Crippen LogP contribution < -0.4 is 15.9 Å². The number of hydrogen-bond donors (Lipinski definition) is 2. The van der Waals surface area contributed by atoms with Gasteiger partial charge in [-0.2, -0.15) is 0 Å². The minimum absolute atomic E-state index is 0.166. The number of ether oxygens (including phenoxy) is 1. The second-order valence-electron chi connectivity index (χ2n) is 4.09. The maximum absolute atomic E-state index is 11.9. The minimum Gasteiger partial charge on any atom is -0.495 e. The molecule has 0 bridgehead atoms. The van der Waals surface area contributed by atoms with Crippen LogP contribution in [0.2, 0.25) is 5.02 Å². The summed E-state index contributed by atoms with van der Waals surface area (Å²) in [5, 5.41) is 11.3. The number of nitrogens with zero attached hydrogens (tertiary/aromatic N) is 3. The van der Waals surface area contributed by atoms with Crippen LogP contribution in [0.4, 0.5) is 5.69 Å². The third-order valence-corrected chi connectivity index (χ3v) is 3.84. The molecule has 21 heavy (non-hydrogen) atoms. The maximum atomic E-state index is 11.9. The first-order valence-electron chi connectivity index (χ1n) is 5.94. The van der Waals surface area contributed by atoms with Crippen molar-refractivity contribution in [3.63, 3.8) is 0 Å². The number of hydrogen-bond acceptors (Lipinski definition) is 6. The highest BCUT2D eigenvalue weighted by atomic mass is 35.5. The summed E-state index contributed by atoms with van der Waals surface area (Å²) < 4.78 is 6.38. The fourth-order valence-electron chi connectivity index (χ4n) is 1.52. The van der Waals surface area contributed by atoms with Crippen molar-refractivity contribution in [1.82, 2.24) is 14.9 Å². The molecule has 0 spiro atoms. The van der Waals surface area contributed by atoms with Gasteiger partial charge in [-0.05, 0) is 25.1 Å². The Morgan fingerprint density at radius 3 is 2.86 bits per heavy atom. The van der Waals surface area contributed by atoms with Gasteiger partial charge in [0.2, 0.25) is 11.1 Å². The van der Waals surface area contributed by atoms with Gasteiger partial charge >= 0.3 is 0 Å². The highest BCUT2D eigenvalue weighted by Crippen LogP contribution is 2.27. The molecule has 1 heterocycles. The van der Waals surface area contributed by atoms with Crippen LogP contribution in [0.1, 0.15) is 5.82 Å². The van der Waals surface area contributed by atoms with E-state index in [9.17, 15) is 4.79 Å². The number of thioether (sulfide) groups is 1. The molecule has 2 rings (SSSR count). The number of carbonyl (C=O) groups is 1. The summed E-state index contributed by atoms with van der Waals surface area (Å²) >= 11 is 7.19. The number of methoxy groups -OCH3 is 1. The van der Waals surface area contributed by atoms with Gasteiger partial charge in [-0.3, -0.25) is 4.79 Å². The van der Waals surface area contributed by atoms with Gasteiger partial charge in [-0.15, -0.1) is 10.2 Å². The number of aryl methyl sites for hydroxylation is 1. The van der Waals surface area contributed by atoms with Gasteiger partial charge in [0.25, 0.3) is 0 Å². The van der Waals surface area contributed by atoms with Crippen molar-refractivity contribution < 1.29 is 9.53 Å². The summed E-state index contributed by atoms with van der Waals surface area (Å²) in [5.74, 6) is 6.81. The largest absolute Gasteiger partial charge is 0.495 e. The van der Waals surface area contributed by atoms with Gasteiger partial charge in [-0.25, -0.2) is 4.68 Å². The molecule has 0 fully saturated rings. The summed E-state index contributed by atoms with van der Waals surface area (Å²) in [4.78, 5) is 11.9. The van der Waals surface area contributed by atoms with Crippen LogP contribution in [0.25, 0.3) is 0 Å². The quantitative estimate of drug-likeness (QED) is 0.641. The smallest absolute Gasteiger partial charge is 0.234 e. The summed E-state index contributed by atoms with van der Waals surface area (Å²) in [6, 6.07) is 5.02. The van der Waals surface area contributed by atoms with Crippen molar-refractivity contribution in [2.75, 3.05) is 24.0 Å². The predicted octanol–water partition coefficient (Wildman–Crippen LogP) is 1.69. The number of rotatable bonds is 5. The molecule has 1 aromatic heterocycles. The Balaban J connectivity index is 1.93. The first kappa shape index (κ1) is 15.5. The molecule has 3 N–H and O–H groups in total. The third-order valence-electron chi connectivity index (χ3n) is 2.60. The molecule has 0 saturated carbocycles. The van der Waals surface area contributed by atoms with Crippen LogP contribution in [0.15, 0.2) is 23.4 Å². The molecule has 1 aromatic carbocycles. The Bertz CT molecular complexity index is 661. The van der Waals surface area contributed by atoms with E-state index in [2.05, 4.69) is 15.5 Å². The van der Waals surface area contributed by atoms with Gasteiger partial charge in [0.1, 0.15) is 11.6 Å². The Kier molecular flexibility index (Phi) is 4.92. The van der Waals surface area contributed by atoms with Gasteiger partial charge in [-0.1, -0.05) is 23.4 Å². The van der Waals surface area contributed by atoms with Crippen LogP contribution in [-0.2, 0) is 4.79 Å². The van der Waals surface area contributed by atoms with E-state index in [0.29, 0.717) is 27.4 Å². The first-order chi connectivity index (χ1) is 10.0. The van der Waals surface area contributed by atoms with Gasteiger partial charge in [0.05, 0.1) is 17.9 Å². The molecule has 0 radical (unpaired) electrons. The average molecular weight is 328 g/mol. The number of carbonyl (C=O) groups excluding carboxylic acids is 1. The number of halogens is 1. The van der Waals surface area contributed by atoms with E-state index in [0.717, 1.165) is 0 Å². The van der Waals surface area contributed by atoms with E-state index in [1.54, 1.807) is 25.1 Å². The monoisotopic (exact) mass is 327 g/mol. The van der Waals surface area contributed by atoms with Crippen molar-refractivity contribution in [3.05, 3.63) is 29.0 Å². The van der Waals surface area contributed by atoms with Gasteiger partial charge < -0.3 is 15.9 Å². The molecule has 0 aliphatic rings. The number of amides is 1. The highest BCUT2D eigenvalue weighted by Gasteiger charge is 2.10. The Morgan fingerprint density at radius 2 is 2.29 bits per heavy atom. The third kappa shape index (κ3) is 3.79. The zero-order valence-corrected chi connectivity index (χ0v) is 13.0. The number of nitrogens with one attached hydrogen (secondary N) is 1. The topological polar surface area (TPSA) is 95.1 Å². The Morgan fingerprint density at radius 1 is 1.52 bits per heavy atom. The summed E-state index contributed by atoms with van der Waals surface area (Å²) in [7, 11) is 1.53. The molecular weight excluding hydrogens is 314 g/mol. The molecule has 7 nitrogen and oxygen atoms in total. The van der Waals surface area contributed by atoms with E-state index in [1.807, 2.05) is 0 Å². The summed E-state index contributed by atoms with van der Waals surface area (Å²) in [6.45, 7) is 1.73. The zero-order chi connectivity index (χ0) is 15.4. The van der Waals surface area contributed by atoms with Crippen molar-refractivity contribution in [2.45, 2.75) is 12.1 Å². The molecule has 112 valence electrons. The van der Waals surface area contributed by atoms with E-state index in [4.69, 9.17) is 22.2 Å². The van der Waals surface area contributed by atoms with Crippen LogP contribution in [-0.4, -0.2) is 33.6 Å². The lowest BCUT2D eigenvalue weighted by molar-refractivity contribution is -0.113. The normalized spacial score (nSPS) is 10.4. The fourth-order valence-corrected chi connectivity index (χ4v) is 2.48. The van der Waals surface area contributed by atoms with E-state index >= 15 is 0 Å². The van der Waals surface area contributed by atoms with Gasteiger partial charge in [0.15, 0.2) is 0 Å². The van der Waals surface area contributed by atoms with Crippen molar-refractivity contribution in [2.24, 2.45) is 0 Å². The molecule has 0 unspecified atom stereocenters. The van der Waals surface area contributed by atoms with Crippen molar-refractivity contribution >= 4 is 35.0 Å². The molecular formula is C12H14ClN5O2S. The number of aromatic nitrogens is 3. The maximum Gasteiger partial charge on any atom is 0.234 e. The minimum atomic E-state index is -0.193. The number of nitrogens with two attached hydrogens (primary N) is 1. The van der Waals surface area contributed by atoms with Crippen LogP contribution in [0, 0.1) is 6.92 Å². The van der Waals surface area contributed by atoms with E-state index in [1.165, 1.54) is 23.5 Å². The molecule has 0 saturated heterocycles. The first-order valence-corrected chi connectivity index (χ1v) is 7.31. The van der Waals surface area contributed by atoms with Crippen LogP contribution in [0.5, 0.6) is 5.75 Å². The molecule has 0 aliphatic heterocycles. The van der Waals surface area contributed by atoms with E-state index in [-0.39, 0.29) is 11.7 Å². The molecule has 1 amide bonds. The lowest BCUT2D eigenvalue weighted by Crippen LogP contribution is -2.16. The summed E-state index contributed by atoms with van der Waals surface area (Å²) in [6.07, 6.45) is 0. The number of anilines is 1. The SMILES string of the molecule is COc1ccc(NC(=O)CSc2nnc(C)n2N)cc1Cl. The fraction of sp³-hybridized carbons (Fsp3) is 0.250. The summed E-state index contributed by atoms with van der Waals surface area (Å²) in [5.41, 5.74) is 0.594. The number of nitrogen functional groups attached to an aromatic ring is 1. The lowest BCUT2D eigenvalue weighted by Gasteiger charge is -2.07. The average Bonchev–Trinajstić information content (AvgIpc) is 2.77. The lowest BCUT2D eigenvalue weighted by atomic mass is 10.3. The van der Waals surface area contributed by atoms with E-state index < -0.39 is 0 Å². The predicted molar refractivity (Wildman–Crippen MR) is 82.3 cm³/mol. The zero-order valence-electron chi connectivity index (χ0n) is 11.5. The second-order valence-corrected chi connectivity index (χ2v) is 5.44. The molecule has 0 aliphatic carbocycles. The highest BCUT2D eigenvalue weighted by molar-refractivity contribution is 7.99.